The lowest BCUT2D eigenvalue weighted by Crippen LogP contribution is -2.38. The van der Waals surface area contributed by atoms with Crippen LogP contribution in [0.25, 0.3) is 0 Å². The zero-order chi connectivity index (χ0) is 15.0. The third-order valence-electron chi connectivity index (χ3n) is 4.00. The Bertz CT molecular complexity index is 335. The highest BCUT2D eigenvalue weighted by molar-refractivity contribution is 7.09. The van der Waals surface area contributed by atoms with Gasteiger partial charge in [0, 0.05) is 17.0 Å². The molecule has 1 rings (SSSR count). The number of nitrogens with zero attached hydrogens (tertiary/aromatic N) is 1. The summed E-state index contributed by atoms with van der Waals surface area (Å²) in [6.45, 7) is 11.5. The Hall–Kier alpha value is -0.380. The standard InChI is InChI=1S/C17H32N2S/c1-14(2)13-18-10-6-8-15(3)19(5)16(4)12-17-9-7-11-20-17/h7,9,11,14-16,18H,6,8,10,12-13H2,1-5H3. The summed E-state index contributed by atoms with van der Waals surface area (Å²) in [5, 5.41) is 5.70. The van der Waals surface area contributed by atoms with E-state index in [1.165, 1.54) is 24.1 Å². The van der Waals surface area contributed by atoms with E-state index in [4.69, 9.17) is 0 Å². The number of hydrogen-bond acceptors (Lipinski definition) is 3. The molecule has 1 aromatic heterocycles. The van der Waals surface area contributed by atoms with Crippen LogP contribution in [0.15, 0.2) is 17.5 Å². The maximum Gasteiger partial charge on any atom is 0.0115 e. The van der Waals surface area contributed by atoms with Crippen molar-refractivity contribution in [1.82, 2.24) is 10.2 Å². The van der Waals surface area contributed by atoms with Gasteiger partial charge in [0.25, 0.3) is 0 Å². The molecule has 0 aromatic carbocycles. The van der Waals surface area contributed by atoms with Crippen LogP contribution < -0.4 is 5.32 Å². The Kier molecular flexibility index (Phi) is 8.43. The maximum absolute atomic E-state index is 3.53. The summed E-state index contributed by atoms with van der Waals surface area (Å²) in [6.07, 6.45) is 3.71. The molecule has 2 nitrogen and oxygen atoms in total. The number of hydrogen-bond donors (Lipinski definition) is 1. The molecule has 0 aliphatic carbocycles. The third-order valence-corrected chi connectivity index (χ3v) is 4.89. The summed E-state index contributed by atoms with van der Waals surface area (Å²) < 4.78 is 0. The maximum atomic E-state index is 3.53. The van der Waals surface area contributed by atoms with E-state index in [0.717, 1.165) is 19.0 Å². The van der Waals surface area contributed by atoms with Crippen molar-refractivity contribution in [3.05, 3.63) is 22.4 Å². The smallest absolute Gasteiger partial charge is 0.0115 e. The average molecular weight is 297 g/mol. The summed E-state index contributed by atoms with van der Waals surface area (Å²) in [6, 6.07) is 5.67. The van der Waals surface area contributed by atoms with E-state index in [0.29, 0.717) is 12.1 Å². The Morgan fingerprint density at radius 3 is 2.55 bits per heavy atom. The van der Waals surface area contributed by atoms with Crippen LogP contribution in [0.4, 0.5) is 0 Å². The van der Waals surface area contributed by atoms with Crippen LogP contribution in [-0.4, -0.2) is 37.1 Å². The van der Waals surface area contributed by atoms with E-state index in [2.05, 4.69) is 62.5 Å². The summed E-state index contributed by atoms with van der Waals surface area (Å²) in [5.74, 6) is 0.751. The van der Waals surface area contributed by atoms with E-state index >= 15 is 0 Å². The second-order valence-corrected chi connectivity index (χ2v) is 7.42. The quantitative estimate of drug-likeness (QED) is 0.656. The molecule has 1 N–H and O–H groups in total. The molecule has 2 unspecified atom stereocenters. The first kappa shape index (κ1) is 17.7. The molecule has 0 aliphatic rings. The van der Waals surface area contributed by atoms with Gasteiger partial charge in [-0.2, -0.15) is 0 Å². The van der Waals surface area contributed by atoms with Crippen LogP contribution >= 0.6 is 11.3 Å². The summed E-state index contributed by atoms with van der Waals surface area (Å²) in [5.41, 5.74) is 0. The molecule has 116 valence electrons. The average Bonchev–Trinajstić information content (AvgIpc) is 2.89. The fraction of sp³-hybridized carbons (Fsp3) is 0.765. The Morgan fingerprint density at radius 1 is 1.20 bits per heavy atom. The topological polar surface area (TPSA) is 15.3 Å². The Labute approximate surface area is 129 Å². The molecule has 0 radical (unpaired) electrons. The minimum atomic E-state index is 0.618. The number of likely N-dealkylation sites (N-methyl/N-ethyl adjacent to an activating group) is 1. The molecule has 0 bridgehead atoms. The highest BCUT2D eigenvalue weighted by Crippen LogP contribution is 2.16. The zero-order valence-corrected chi connectivity index (χ0v) is 14.7. The zero-order valence-electron chi connectivity index (χ0n) is 13.9. The highest BCUT2D eigenvalue weighted by atomic mass is 32.1. The Morgan fingerprint density at radius 2 is 1.95 bits per heavy atom. The Balaban J connectivity index is 2.19. The van der Waals surface area contributed by atoms with Crippen LogP contribution in [0.1, 0.15) is 45.4 Å². The normalized spacial score (nSPS) is 14.9. The van der Waals surface area contributed by atoms with Gasteiger partial charge < -0.3 is 10.2 Å². The first-order valence-corrected chi connectivity index (χ1v) is 8.83. The van der Waals surface area contributed by atoms with Gasteiger partial charge in [-0.25, -0.2) is 0 Å². The van der Waals surface area contributed by atoms with E-state index in [1.54, 1.807) is 0 Å². The van der Waals surface area contributed by atoms with Crippen molar-refractivity contribution in [2.24, 2.45) is 5.92 Å². The predicted molar refractivity (Wildman–Crippen MR) is 91.7 cm³/mol. The van der Waals surface area contributed by atoms with Crippen molar-refractivity contribution in [2.45, 2.75) is 59.0 Å². The fourth-order valence-corrected chi connectivity index (χ4v) is 3.24. The van der Waals surface area contributed by atoms with Gasteiger partial charge in [-0.05, 0) is 70.6 Å². The molecule has 0 amide bonds. The second-order valence-electron chi connectivity index (χ2n) is 6.39. The summed E-state index contributed by atoms with van der Waals surface area (Å²) in [7, 11) is 2.27. The lowest BCUT2D eigenvalue weighted by atomic mass is 10.1. The molecule has 0 fully saturated rings. The predicted octanol–water partition coefficient (Wildman–Crippen LogP) is 4.03. The van der Waals surface area contributed by atoms with Gasteiger partial charge in [0.05, 0.1) is 0 Å². The molecule has 1 heterocycles. The molecule has 3 heteroatoms. The monoisotopic (exact) mass is 296 g/mol. The minimum absolute atomic E-state index is 0.618. The largest absolute Gasteiger partial charge is 0.316 e. The SMILES string of the molecule is CC(C)CNCCCC(C)N(C)C(C)Cc1cccs1. The van der Waals surface area contributed by atoms with Gasteiger partial charge in [-0.3, -0.25) is 0 Å². The van der Waals surface area contributed by atoms with E-state index in [9.17, 15) is 0 Å². The molecule has 1 aromatic rings. The van der Waals surface area contributed by atoms with Gasteiger partial charge >= 0.3 is 0 Å². The number of thiophene rings is 1. The van der Waals surface area contributed by atoms with Crippen LogP contribution in [0.2, 0.25) is 0 Å². The van der Waals surface area contributed by atoms with Crippen molar-refractivity contribution < 1.29 is 0 Å². The van der Waals surface area contributed by atoms with Gasteiger partial charge in [0.2, 0.25) is 0 Å². The molecule has 0 spiro atoms. The van der Waals surface area contributed by atoms with E-state index < -0.39 is 0 Å². The molecule has 0 aliphatic heterocycles. The van der Waals surface area contributed by atoms with Crippen molar-refractivity contribution in [3.63, 3.8) is 0 Å². The molecular formula is C17H32N2S. The molecule has 0 saturated carbocycles. The third kappa shape index (κ3) is 6.87. The summed E-state index contributed by atoms with van der Waals surface area (Å²) >= 11 is 1.87. The molecule has 2 atom stereocenters. The summed E-state index contributed by atoms with van der Waals surface area (Å²) in [4.78, 5) is 4.03. The minimum Gasteiger partial charge on any atom is -0.316 e. The van der Waals surface area contributed by atoms with Crippen molar-refractivity contribution >= 4 is 11.3 Å². The van der Waals surface area contributed by atoms with Gasteiger partial charge in [0.15, 0.2) is 0 Å². The lowest BCUT2D eigenvalue weighted by molar-refractivity contribution is 0.184. The van der Waals surface area contributed by atoms with Crippen molar-refractivity contribution in [2.75, 3.05) is 20.1 Å². The lowest BCUT2D eigenvalue weighted by Gasteiger charge is -2.30. The van der Waals surface area contributed by atoms with E-state index in [-0.39, 0.29) is 0 Å². The second kappa shape index (κ2) is 9.54. The number of nitrogens with one attached hydrogen (secondary N) is 1. The number of rotatable bonds is 10. The van der Waals surface area contributed by atoms with Gasteiger partial charge in [-0.1, -0.05) is 19.9 Å². The van der Waals surface area contributed by atoms with Crippen LogP contribution in [0, 0.1) is 5.92 Å². The van der Waals surface area contributed by atoms with Crippen molar-refractivity contribution in [3.8, 4) is 0 Å². The molecular weight excluding hydrogens is 264 g/mol. The van der Waals surface area contributed by atoms with Crippen LogP contribution in [-0.2, 0) is 6.42 Å². The highest BCUT2D eigenvalue weighted by Gasteiger charge is 2.16. The van der Waals surface area contributed by atoms with Crippen LogP contribution in [0.3, 0.4) is 0 Å². The van der Waals surface area contributed by atoms with E-state index in [1.807, 2.05) is 11.3 Å². The molecule has 20 heavy (non-hydrogen) atoms. The first-order chi connectivity index (χ1) is 9.50. The fourth-order valence-electron chi connectivity index (χ4n) is 2.42. The van der Waals surface area contributed by atoms with Gasteiger partial charge in [-0.15, -0.1) is 11.3 Å². The first-order valence-electron chi connectivity index (χ1n) is 7.95. The van der Waals surface area contributed by atoms with Crippen molar-refractivity contribution in [1.29, 1.82) is 0 Å². The molecule has 0 saturated heterocycles. The van der Waals surface area contributed by atoms with Crippen LogP contribution in [0.5, 0.6) is 0 Å². The van der Waals surface area contributed by atoms with Gasteiger partial charge in [0.1, 0.15) is 0 Å².